The number of hydrogen-bond acceptors (Lipinski definition) is 4. The minimum atomic E-state index is -4.29. The second-order valence-electron chi connectivity index (χ2n) is 4.12. The van der Waals surface area contributed by atoms with Crippen molar-refractivity contribution in [2.45, 2.75) is 38.9 Å². The first kappa shape index (κ1) is 15.7. The topological polar surface area (TPSA) is 54.0 Å². The lowest BCUT2D eigenvalue weighted by atomic mass is 10.1. The monoisotopic (exact) mass is 295 g/mol. The molecule has 1 heterocycles. The molecule has 0 radical (unpaired) electrons. The zero-order valence-electron chi connectivity index (χ0n) is 10.9. The molecule has 4 nitrogen and oxygen atoms in total. The molecule has 1 aromatic heterocycles. The number of halogens is 3. The number of carbonyl (C=O) groups is 1. The first-order valence-corrected chi connectivity index (χ1v) is 6.57. The number of aryl methyl sites for hydroxylation is 1. The highest BCUT2D eigenvalue weighted by Crippen LogP contribution is 2.26. The van der Waals surface area contributed by atoms with Crippen LogP contribution in [0.2, 0.25) is 0 Å². The number of alkyl halides is 3. The van der Waals surface area contributed by atoms with Crippen molar-refractivity contribution in [3.05, 3.63) is 11.3 Å². The van der Waals surface area contributed by atoms with Gasteiger partial charge in [-0.1, -0.05) is 6.92 Å². The molecule has 0 aromatic carbocycles. The van der Waals surface area contributed by atoms with Crippen molar-refractivity contribution in [3.63, 3.8) is 0 Å². The first-order chi connectivity index (χ1) is 8.78. The molecule has 0 saturated heterocycles. The van der Waals surface area contributed by atoms with Crippen LogP contribution in [0.15, 0.2) is 0 Å². The number of aromatic nitrogens is 1. The van der Waals surface area contributed by atoms with Crippen LogP contribution < -0.4 is 10.6 Å². The van der Waals surface area contributed by atoms with Gasteiger partial charge in [-0.2, -0.15) is 17.5 Å². The fraction of sp³-hybridized carbons (Fsp3) is 0.636. The Balaban J connectivity index is 2.80. The number of hydrogen-bond donors (Lipinski definition) is 2. The number of nitrogens with zero attached hydrogens (tertiary/aromatic N) is 1. The smallest absolute Gasteiger partial charge is 0.378 e. The van der Waals surface area contributed by atoms with Gasteiger partial charge in [-0.15, -0.1) is 0 Å². The van der Waals surface area contributed by atoms with E-state index in [0.717, 1.165) is 11.5 Å². The first-order valence-electron chi connectivity index (χ1n) is 5.80. The Morgan fingerprint density at radius 3 is 2.58 bits per heavy atom. The summed E-state index contributed by atoms with van der Waals surface area (Å²) in [4.78, 5) is 12.0. The van der Waals surface area contributed by atoms with E-state index in [0.29, 0.717) is 16.3 Å². The second-order valence-corrected chi connectivity index (χ2v) is 4.89. The van der Waals surface area contributed by atoms with Crippen molar-refractivity contribution >= 4 is 22.4 Å². The SMILES string of the molecule is CCC(CC(F)(F)F)NC(=O)c1c(C)nsc1NC. The quantitative estimate of drug-likeness (QED) is 0.878. The van der Waals surface area contributed by atoms with Gasteiger partial charge in [-0.25, -0.2) is 0 Å². The van der Waals surface area contributed by atoms with Gasteiger partial charge < -0.3 is 10.6 Å². The normalized spacial score (nSPS) is 13.2. The van der Waals surface area contributed by atoms with Crippen molar-refractivity contribution in [3.8, 4) is 0 Å². The molecule has 1 aromatic rings. The lowest BCUT2D eigenvalue weighted by molar-refractivity contribution is -0.139. The van der Waals surface area contributed by atoms with Gasteiger partial charge in [-0.3, -0.25) is 4.79 Å². The van der Waals surface area contributed by atoms with E-state index in [1.54, 1.807) is 20.9 Å². The molecule has 8 heteroatoms. The molecule has 0 spiro atoms. The standard InChI is InChI=1S/C11H16F3N3OS/c1-4-7(5-11(12,13)14)16-9(18)8-6(2)17-19-10(8)15-3/h7,15H,4-5H2,1-3H3,(H,16,18). The molecule has 19 heavy (non-hydrogen) atoms. The van der Waals surface area contributed by atoms with Crippen LogP contribution >= 0.6 is 11.5 Å². The van der Waals surface area contributed by atoms with Gasteiger partial charge in [0.1, 0.15) is 5.00 Å². The summed E-state index contributed by atoms with van der Waals surface area (Å²) in [5.41, 5.74) is 0.821. The van der Waals surface area contributed by atoms with E-state index in [4.69, 9.17) is 0 Å². The van der Waals surface area contributed by atoms with Crippen LogP contribution in [0.5, 0.6) is 0 Å². The lowest BCUT2D eigenvalue weighted by Gasteiger charge is -2.18. The maximum absolute atomic E-state index is 12.3. The van der Waals surface area contributed by atoms with E-state index in [-0.39, 0.29) is 6.42 Å². The summed E-state index contributed by atoms with van der Waals surface area (Å²) in [7, 11) is 1.64. The lowest BCUT2D eigenvalue weighted by Crippen LogP contribution is -2.38. The van der Waals surface area contributed by atoms with Crippen molar-refractivity contribution < 1.29 is 18.0 Å². The molecule has 0 bridgehead atoms. The molecule has 1 atom stereocenters. The fourth-order valence-corrected chi connectivity index (χ4v) is 2.38. The van der Waals surface area contributed by atoms with E-state index in [9.17, 15) is 18.0 Å². The predicted molar refractivity (Wildman–Crippen MR) is 68.6 cm³/mol. The van der Waals surface area contributed by atoms with Crippen molar-refractivity contribution in [1.82, 2.24) is 9.69 Å². The Bertz CT molecular complexity index is 445. The largest absolute Gasteiger partial charge is 0.391 e. The summed E-state index contributed by atoms with van der Waals surface area (Å²) in [5, 5.41) is 5.77. The van der Waals surface area contributed by atoms with Gasteiger partial charge in [0.15, 0.2) is 0 Å². The number of amides is 1. The predicted octanol–water partition coefficient (Wildman–Crippen LogP) is 2.95. The zero-order chi connectivity index (χ0) is 14.6. The Morgan fingerprint density at radius 2 is 2.11 bits per heavy atom. The minimum absolute atomic E-state index is 0.219. The average molecular weight is 295 g/mol. The Hall–Kier alpha value is -1.31. The summed E-state index contributed by atoms with van der Waals surface area (Å²) < 4.78 is 41.0. The van der Waals surface area contributed by atoms with Crippen molar-refractivity contribution in [1.29, 1.82) is 0 Å². The summed E-state index contributed by atoms with van der Waals surface area (Å²) in [6.45, 7) is 3.26. The Labute approximate surface area is 113 Å². The summed E-state index contributed by atoms with van der Waals surface area (Å²) in [5.74, 6) is -0.522. The van der Waals surface area contributed by atoms with E-state index in [1.165, 1.54) is 0 Å². The highest BCUT2D eigenvalue weighted by molar-refractivity contribution is 7.10. The van der Waals surface area contributed by atoms with E-state index in [1.807, 2.05) is 0 Å². The molecular formula is C11H16F3N3OS. The van der Waals surface area contributed by atoms with Crippen LogP contribution in [-0.4, -0.2) is 29.5 Å². The highest BCUT2D eigenvalue weighted by Gasteiger charge is 2.32. The maximum Gasteiger partial charge on any atom is 0.391 e. The van der Waals surface area contributed by atoms with Crippen LogP contribution in [-0.2, 0) is 0 Å². The molecule has 0 fully saturated rings. The highest BCUT2D eigenvalue weighted by atomic mass is 32.1. The third-order valence-electron chi connectivity index (χ3n) is 2.62. The molecule has 0 aliphatic rings. The van der Waals surface area contributed by atoms with E-state index >= 15 is 0 Å². The summed E-state index contributed by atoms with van der Waals surface area (Å²) >= 11 is 1.11. The van der Waals surface area contributed by atoms with Gasteiger partial charge in [0, 0.05) is 13.1 Å². The van der Waals surface area contributed by atoms with Crippen LogP contribution in [0.25, 0.3) is 0 Å². The number of nitrogens with one attached hydrogen (secondary N) is 2. The number of rotatable bonds is 5. The van der Waals surface area contributed by atoms with Gasteiger partial charge in [0.2, 0.25) is 0 Å². The Kier molecular flexibility index (Phi) is 5.16. The second kappa shape index (κ2) is 6.23. The van der Waals surface area contributed by atoms with Crippen LogP contribution in [0.3, 0.4) is 0 Å². The van der Waals surface area contributed by atoms with Gasteiger partial charge in [0.25, 0.3) is 5.91 Å². The van der Waals surface area contributed by atoms with Gasteiger partial charge in [-0.05, 0) is 24.9 Å². The molecule has 108 valence electrons. The fourth-order valence-electron chi connectivity index (χ4n) is 1.64. The summed E-state index contributed by atoms with van der Waals surface area (Å²) in [6, 6.07) is -0.920. The molecule has 1 amide bonds. The third kappa shape index (κ3) is 4.38. The van der Waals surface area contributed by atoms with Crippen LogP contribution in [0.1, 0.15) is 35.8 Å². The van der Waals surface area contributed by atoms with Crippen molar-refractivity contribution in [2.24, 2.45) is 0 Å². The molecule has 0 aliphatic heterocycles. The van der Waals surface area contributed by atoms with Crippen molar-refractivity contribution in [2.75, 3.05) is 12.4 Å². The number of carbonyl (C=O) groups excluding carboxylic acids is 1. The van der Waals surface area contributed by atoms with E-state index < -0.39 is 24.5 Å². The molecular weight excluding hydrogens is 279 g/mol. The van der Waals surface area contributed by atoms with Gasteiger partial charge >= 0.3 is 6.18 Å². The molecule has 1 unspecified atom stereocenters. The minimum Gasteiger partial charge on any atom is -0.378 e. The van der Waals surface area contributed by atoms with Crippen LogP contribution in [0.4, 0.5) is 18.2 Å². The molecule has 0 saturated carbocycles. The molecule has 1 rings (SSSR count). The number of anilines is 1. The maximum atomic E-state index is 12.3. The van der Waals surface area contributed by atoms with Gasteiger partial charge in [0.05, 0.1) is 17.7 Å². The molecule has 0 aliphatic carbocycles. The Morgan fingerprint density at radius 1 is 1.47 bits per heavy atom. The average Bonchev–Trinajstić information content (AvgIpc) is 2.67. The van der Waals surface area contributed by atoms with E-state index in [2.05, 4.69) is 15.0 Å². The third-order valence-corrected chi connectivity index (χ3v) is 3.58. The molecule has 2 N–H and O–H groups in total. The summed E-state index contributed by atoms with van der Waals surface area (Å²) in [6.07, 6.45) is -5.10. The van der Waals surface area contributed by atoms with Crippen LogP contribution in [0, 0.1) is 6.92 Å². The zero-order valence-corrected chi connectivity index (χ0v) is 11.7.